The number of aliphatic hydroxyl groups is 1. The monoisotopic (exact) mass is 182 g/mol. The van der Waals surface area contributed by atoms with Crippen LogP contribution in [0.5, 0.6) is 0 Å². The summed E-state index contributed by atoms with van der Waals surface area (Å²) in [7, 11) is 0. The first-order chi connectivity index (χ1) is 6.20. The van der Waals surface area contributed by atoms with Crippen molar-refractivity contribution in [2.24, 2.45) is 0 Å². The molecule has 1 heteroatoms. The molecule has 0 saturated heterocycles. The van der Waals surface area contributed by atoms with Gasteiger partial charge in [0.1, 0.15) is 0 Å². The largest absolute Gasteiger partial charge is 0.396 e. The summed E-state index contributed by atoms with van der Waals surface area (Å²) in [6.45, 7) is 6.64. The summed E-state index contributed by atoms with van der Waals surface area (Å²) in [4.78, 5) is 0. The van der Waals surface area contributed by atoms with E-state index in [9.17, 15) is 0 Å². The lowest BCUT2D eigenvalue weighted by molar-refractivity contribution is 0.297. The van der Waals surface area contributed by atoms with E-state index in [0.29, 0.717) is 0 Å². The zero-order valence-corrected chi connectivity index (χ0v) is 9.14. The van der Waals surface area contributed by atoms with Crippen LogP contribution in [0.4, 0.5) is 0 Å². The summed E-state index contributed by atoms with van der Waals surface area (Å²) < 4.78 is 0. The molecule has 0 amide bonds. The lowest BCUT2D eigenvalue weighted by Crippen LogP contribution is -1.89. The maximum absolute atomic E-state index is 8.84. The molecule has 0 atom stereocenters. The van der Waals surface area contributed by atoms with Crippen LogP contribution in [0.3, 0.4) is 0 Å². The summed E-state index contributed by atoms with van der Waals surface area (Å²) in [6.07, 6.45) is 8.67. The number of unbranched alkanes of at least 4 members (excludes halogenated alkanes) is 1. The number of hydrogen-bond donors (Lipinski definition) is 1. The minimum atomic E-state index is 0.270. The average molecular weight is 182 g/mol. The highest BCUT2D eigenvalue weighted by Gasteiger charge is 1.94. The van der Waals surface area contributed by atoms with Crippen molar-refractivity contribution in [3.05, 3.63) is 23.3 Å². The van der Waals surface area contributed by atoms with Crippen LogP contribution in [0.1, 0.15) is 46.5 Å². The van der Waals surface area contributed by atoms with E-state index < -0.39 is 0 Å². The first kappa shape index (κ1) is 12.4. The van der Waals surface area contributed by atoms with Crippen LogP contribution in [0.15, 0.2) is 23.3 Å². The summed E-state index contributed by atoms with van der Waals surface area (Å²) in [5, 5.41) is 8.84. The van der Waals surface area contributed by atoms with Gasteiger partial charge in [0.15, 0.2) is 0 Å². The van der Waals surface area contributed by atoms with Gasteiger partial charge >= 0.3 is 0 Å². The Morgan fingerprint density at radius 2 is 1.85 bits per heavy atom. The molecular weight excluding hydrogens is 160 g/mol. The second-order valence-corrected chi connectivity index (χ2v) is 3.65. The van der Waals surface area contributed by atoms with Crippen molar-refractivity contribution in [2.75, 3.05) is 6.61 Å². The van der Waals surface area contributed by atoms with Crippen LogP contribution in [0.25, 0.3) is 0 Å². The summed E-state index contributed by atoms with van der Waals surface area (Å²) >= 11 is 0. The maximum atomic E-state index is 8.84. The average Bonchev–Trinajstić information content (AvgIpc) is 2.09. The SMILES string of the molecule is CCCCC(=CC=C(C)C)CCO. The van der Waals surface area contributed by atoms with Gasteiger partial charge in [0.05, 0.1) is 0 Å². The lowest BCUT2D eigenvalue weighted by atomic mass is 10.1. The Labute approximate surface area is 82.2 Å². The molecule has 0 rings (SSSR count). The van der Waals surface area contributed by atoms with Gasteiger partial charge in [-0.15, -0.1) is 0 Å². The van der Waals surface area contributed by atoms with E-state index in [4.69, 9.17) is 5.11 Å². The third-order valence-electron chi connectivity index (χ3n) is 1.94. The molecule has 1 N–H and O–H groups in total. The van der Waals surface area contributed by atoms with Gasteiger partial charge in [-0.25, -0.2) is 0 Å². The summed E-state index contributed by atoms with van der Waals surface area (Å²) in [5.41, 5.74) is 2.68. The third kappa shape index (κ3) is 7.79. The topological polar surface area (TPSA) is 20.2 Å². The van der Waals surface area contributed by atoms with Gasteiger partial charge in [0.25, 0.3) is 0 Å². The quantitative estimate of drug-likeness (QED) is 0.624. The zero-order chi connectivity index (χ0) is 10.1. The van der Waals surface area contributed by atoms with Crippen LogP contribution >= 0.6 is 0 Å². The first-order valence-corrected chi connectivity index (χ1v) is 5.14. The molecule has 1 nitrogen and oxygen atoms in total. The van der Waals surface area contributed by atoms with E-state index >= 15 is 0 Å². The van der Waals surface area contributed by atoms with E-state index in [-0.39, 0.29) is 6.61 Å². The summed E-state index contributed by atoms with van der Waals surface area (Å²) in [5.74, 6) is 0. The Morgan fingerprint density at radius 3 is 2.31 bits per heavy atom. The predicted molar refractivity (Wildman–Crippen MR) is 58.7 cm³/mol. The summed E-state index contributed by atoms with van der Waals surface area (Å²) in [6, 6.07) is 0. The Balaban J connectivity index is 4.06. The predicted octanol–water partition coefficient (Wildman–Crippen LogP) is 3.45. The Morgan fingerprint density at radius 1 is 1.15 bits per heavy atom. The Kier molecular flexibility index (Phi) is 7.71. The van der Waals surface area contributed by atoms with E-state index in [1.165, 1.54) is 24.0 Å². The van der Waals surface area contributed by atoms with Crippen molar-refractivity contribution in [3.63, 3.8) is 0 Å². The van der Waals surface area contributed by atoms with Gasteiger partial charge in [0, 0.05) is 6.61 Å². The smallest absolute Gasteiger partial charge is 0.0468 e. The fourth-order valence-corrected chi connectivity index (χ4v) is 1.12. The molecule has 0 aliphatic heterocycles. The molecule has 0 aromatic rings. The molecule has 0 aliphatic carbocycles. The van der Waals surface area contributed by atoms with Crippen LogP contribution < -0.4 is 0 Å². The number of allylic oxidation sites excluding steroid dienone is 3. The Bertz CT molecular complexity index is 174. The molecular formula is C12H22O. The van der Waals surface area contributed by atoms with E-state index in [2.05, 4.69) is 32.9 Å². The maximum Gasteiger partial charge on any atom is 0.0468 e. The van der Waals surface area contributed by atoms with Crippen molar-refractivity contribution in [2.45, 2.75) is 46.5 Å². The molecule has 13 heavy (non-hydrogen) atoms. The van der Waals surface area contributed by atoms with Gasteiger partial charge < -0.3 is 5.11 Å². The molecule has 0 aromatic carbocycles. The first-order valence-electron chi connectivity index (χ1n) is 5.14. The van der Waals surface area contributed by atoms with Crippen molar-refractivity contribution in [3.8, 4) is 0 Å². The van der Waals surface area contributed by atoms with Crippen LogP contribution in [0, 0.1) is 0 Å². The van der Waals surface area contributed by atoms with Gasteiger partial charge in [-0.05, 0) is 33.1 Å². The molecule has 76 valence electrons. The third-order valence-corrected chi connectivity index (χ3v) is 1.94. The van der Waals surface area contributed by atoms with Crippen molar-refractivity contribution < 1.29 is 5.11 Å². The molecule has 0 aliphatic rings. The van der Waals surface area contributed by atoms with Crippen LogP contribution in [0.2, 0.25) is 0 Å². The molecule has 0 radical (unpaired) electrons. The number of rotatable bonds is 6. The molecule has 0 saturated carbocycles. The van der Waals surface area contributed by atoms with E-state index in [0.717, 1.165) is 12.8 Å². The highest BCUT2D eigenvalue weighted by Crippen LogP contribution is 2.11. The minimum Gasteiger partial charge on any atom is -0.396 e. The van der Waals surface area contributed by atoms with Crippen molar-refractivity contribution >= 4 is 0 Å². The molecule has 0 spiro atoms. The lowest BCUT2D eigenvalue weighted by Gasteiger charge is -2.03. The minimum absolute atomic E-state index is 0.270. The highest BCUT2D eigenvalue weighted by molar-refractivity contribution is 5.15. The van der Waals surface area contributed by atoms with Crippen molar-refractivity contribution in [1.29, 1.82) is 0 Å². The standard InChI is InChI=1S/C12H22O/c1-4-5-6-12(9-10-13)8-7-11(2)3/h7-8,13H,4-6,9-10H2,1-3H3. The second-order valence-electron chi connectivity index (χ2n) is 3.65. The van der Waals surface area contributed by atoms with E-state index in [1.807, 2.05) is 0 Å². The van der Waals surface area contributed by atoms with Gasteiger partial charge in [-0.1, -0.05) is 36.6 Å². The van der Waals surface area contributed by atoms with Crippen molar-refractivity contribution in [1.82, 2.24) is 0 Å². The normalized spacial score (nSPS) is 11.5. The fraction of sp³-hybridized carbons (Fsp3) is 0.667. The number of aliphatic hydroxyl groups excluding tert-OH is 1. The molecule has 0 fully saturated rings. The van der Waals surface area contributed by atoms with Gasteiger partial charge in [0.2, 0.25) is 0 Å². The fourth-order valence-electron chi connectivity index (χ4n) is 1.12. The van der Waals surface area contributed by atoms with Gasteiger partial charge in [-0.3, -0.25) is 0 Å². The molecule has 0 unspecified atom stereocenters. The van der Waals surface area contributed by atoms with Gasteiger partial charge in [-0.2, -0.15) is 0 Å². The molecule has 0 aromatic heterocycles. The number of hydrogen-bond acceptors (Lipinski definition) is 1. The van der Waals surface area contributed by atoms with Crippen LogP contribution in [-0.4, -0.2) is 11.7 Å². The zero-order valence-electron chi connectivity index (χ0n) is 9.14. The Hall–Kier alpha value is -0.560. The van der Waals surface area contributed by atoms with Crippen LogP contribution in [-0.2, 0) is 0 Å². The molecule has 0 heterocycles. The highest BCUT2D eigenvalue weighted by atomic mass is 16.2. The second kappa shape index (κ2) is 8.06. The van der Waals surface area contributed by atoms with E-state index in [1.54, 1.807) is 0 Å². The molecule has 0 bridgehead atoms.